The average molecular weight is 357 g/mol. The van der Waals surface area contributed by atoms with Gasteiger partial charge in [0.05, 0.1) is 0 Å². The van der Waals surface area contributed by atoms with E-state index in [1.54, 1.807) is 14.0 Å². The molecule has 1 rings (SSSR count). The second-order valence-electron chi connectivity index (χ2n) is 4.77. The molecule has 11 heteroatoms. The number of nitrogens with one attached hydrogen (secondary N) is 2. The monoisotopic (exact) mass is 357 g/mol. The molecular weight excluding hydrogens is 338 g/mol. The van der Waals surface area contributed by atoms with Gasteiger partial charge in [-0.25, -0.2) is 9.55 Å². The number of amides is 1. The molecule has 0 aliphatic carbocycles. The maximum absolute atomic E-state index is 11.6. The molecule has 1 aromatic heterocycles. The molecule has 0 spiro atoms. The van der Waals surface area contributed by atoms with E-state index in [1.165, 1.54) is 4.57 Å². The van der Waals surface area contributed by atoms with Crippen LogP contribution in [0.4, 0.5) is 5.82 Å². The van der Waals surface area contributed by atoms with E-state index >= 15 is 0 Å². The van der Waals surface area contributed by atoms with Crippen LogP contribution >= 0.6 is 12.2 Å². The summed E-state index contributed by atoms with van der Waals surface area (Å²) >= 11 is 4.78. The molecule has 0 fully saturated rings. The first kappa shape index (κ1) is 19.5. The Balaban J connectivity index is 2.28. The van der Waals surface area contributed by atoms with Gasteiger partial charge in [0.15, 0.2) is 10.9 Å². The number of thiocarbonyl (C=S) groups is 1. The Kier molecular flexibility index (Phi) is 7.75. The fourth-order valence-electron chi connectivity index (χ4n) is 1.85. The molecule has 0 radical (unpaired) electrons. The summed E-state index contributed by atoms with van der Waals surface area (Å²) in [6.45, 7) is 1.76. The summed E-state index contributed by atoms with van der Waals surface area (Å²) < 4.78 is 6.37. The lowest BCUT2D eigenvalue weighted by Gasteiger charge is -2.06. The van der Waals surface area contributed by atoms with Gasteiger partial charge >= 0.3 is 11.8 Å². The zero-order valence-electron chi connectivity index (χ0n) is 13.4. The van der Waals surface area contributed by atoms with Crippen molar-refractivity contribution in [1.29, 1.82) is 0 Å². The van der Waals surface area contributed by atoms with Crippen LogP contribution in [0.1, 0.15) is 25.1 Å². The first-order valence-corrected chi connectivity index (χ1v) is 7.59. The Morgan fingerprint density at radius 1 is 1.46 bits per heavy atom. The molecule has 1 aromatic rings. The van der Waals surface area contributed by atoms with Crippen molar-refractivity contribution in [2.75, 3.05) is 13.7 Å². The van der Waals surface area contributed by atoms with Gasteiger partial charge in [-0.1, -0.05) is 0 Å². The largest absolute Gasteiger partial charge is 0.461 e. The summed E-state index contributed by atoms with van der Waals surface area (Å²) in [5.74, 6) is -0.443. The van der Waals surface area contributed by atoms with Crippen LogP contribution in [0.15, 0.2) is 6.20 Å². The molecule has 0 aliphatic heterocycles. The fraction of sp³-hybridized carbons (Fsp3) is 0.538. The number of imidazole rings is 1. The third-order valence-electron chi connectivity index (χ3n) is 3.06. The SMILES string of the molecule is CNC(=S)NC(=O)CCCC(=O)OCCn1c([N+](=O)[O-])cnc1C. The van der Waals surface area contributed by atoms with Crippen molar-refractivity contribution >= 4 is 35.0 Å². The summed E-state index contributed by atoms with van der Waals surface area (Å²) in [6.07, 6.45) is 1.69. The Hall–Kier alpha value is -2.56. The lowest BCUT2D eigenvalue weighted by molar-refractivity contribution is -0.392. The van der Waals surface area contributed by atoms with E-state index in [-0.39, 0.29) is 42.8 Å². The highest BCUT2D eigenvalue weighted by atomic mass is 32.1. The summed E-state index contributed by atoms with van der Waals surface area (Å²) in [6, 6.07) is 0. The van der Waals surface area contributed by atoms with E-state index < -0.39 is 10.9 Å². The predicted molar refractivity (Wildman–Crippen MR) is 88.2 cm³/mol. The Morgan fingerprint density at radius 2 is 2.17 bits per heavy atom. The fourth-order valence-corrected chi connectivity index (χ4v) is 1.96. The van der Waals surface area contributed by atoms with Gasteiger partial charge in [-0.05, 0) is 23.6 Å². The Labute approximate surface area is 143 Å². The number of esters is 1. The predicted octanol–water partition coefficient (Wildman–Crippen LogP) is 0.434. The second-order valence-corrected chi connectivity index (χ2v) is 5.18. The van der Waals surface area contributed by atoms with Crippen LogP contribution in [-0.4, -0.2) is 45.1 Å². The maximum atomic E-state index is 11.6. The van der Waals surface area contributed by atoms with Crippen molar-refractivity contribution in [3.63, 3.8) is 0 Å². The van der Waals surface area contributed by atoms with Gasteiger partial charge in [0, 0.05) is 26.8 Å². The first-order chi connectivity index (χ1) is 11.3. The molecule has 0 saturated heterocycles. The Bertz CT molecular complexity index is 630. The number of ether oxygens (including phenoxy) is 1. The van der Waals surface area contributed by atoms with Crippen LogP contribution in [-0.2, 0) is 20.9 Å². The van der Waals surface area contributed by atoms with Crippen LogP contribution in [0.2, 0.25) is 0 Å². The molecule has 1 amide bonds. The van der Waals surface area contributed by atoms with Gasteiger partial charge in [0.1, 0.15) is 19.3 Å². The topological polar surface area (TPSA) is 128 Å². The van der Waals surface area contributed by atoms with E-state index in [0.717, 1.165) is 6.20 Å². The van der Waals surface area contributed by atoms with Crippen LogP contribution in [0.25, 0.3) is 0 Å². The van der Waals surface area contributed by atoms with E-state index in [4.69, 9.17) is 17.0 Å². The van der Waals surface area contributed by atoms with Crippen molar-refractivity contribution in [1.82, 2.24) is 20.2 Å². The summed E-state index contributed by atoms with van der Waals surface area (Å²) in [5, 5.41) is 16.1. The standard InChI is InChI=1S/C13H19N5O5S/c1-9-15-8-11(18(21)22)17(9)6-7-23-12(20)5-3-4-10(19)16-13(24)14-2/h8H,3-7H2,1-2H3,(H2,14,16,19,24). The number of aryl methyl sites for hydroxylation is 1. The van der Waals surface area contributed by atoms with Crippen molar-refractivity contribution in [3.05, 3.63) is 22.1 Å². The Morgan fingerprint density at radius 3 is 2.79 bits per heavy atom. The molecule has 0 aliphatic rings. The van der Waals surface area contributed by atoms with E-state index in [2.05, 4.69) is 15.6 Å². The lowest BCUT2D eigenvalue weighted by Crippen LogP contribution is -2.37. The van der Waals surface area contributed by atoms with Crippen molar-refractivity contribution in [2.45, 2.75) is 32.7 Å². The van der Waals surface area contributed by atoms with Gasteiger partial charge in [-0.2, -0.15) is 0 Å². The molecule has 1 heterocycles. The minimum absolute atomic E-state index is 0.00703. The van der Waals surface area contributed by atoms with Crippen LogP contribution in [0.5, 0.6) is 0 Å². The quantitative estimate of drug-likeness (QED) is 0.297. The molecule has 0 atom stereocenters. The minimum Gasteiger partial charge on any atom is -0.461 e. The molecule has 0 bridgehead atoms. The smallest absolute Gasteiger partial charge is 0.342 e. The normalized spacial score (nSPS) is 10.1. The van der Waals surface area contributed by atoms with E-state index in [1.807, 2.05) is 0 Å². The van der Waals surface area contributed by atoms with Gasteiger partial charge in [-0.3, -0.25) is 9.59 Å². The average Bonchev–Trinajstić information content (AvgIpc) is 2.88. The van der Waals surface area contributed by atoms with Gasteiger partial charge < -0.3 is 25.5 Å². The van der Waals surface area contributed by atoms with Crippen molar-refractivity contribution in [2.24, 2.45) is 0 Å². The number of rotatable bonds is 8. The molecule has 2 N–H and O–H groups in total. The number of aromatic nitrogens is 2. The van der Waals surface area contributed by atoms with Crippen LogP contribution in [0.3, 0.4) is 0 Å². The summed E-state index contributed by atoms with van der Waals surface area (Å²) in [7, 11) is 1.59. The number of hydrogen-bond acceptors (Lipinski definition) is 7. The van der Waals surface area contributed by atoms with Gasteiger partial charge in [-0.15, -0.1) is 0 Å². The highest BCUT2D eigenvalue weighted by Gasteiger charge is 2.17. The van der Waals surface area contributed by atoms with Crippen LogP contribution < -0.4 is 10.6 Å². The number of nitrogens with zero attached hydrogens (tertiary/aromatic N) is 3. The molecule has 132 valence electrons. The molecular formula is C13H19N5O5S. The number of carbonyl (C=O) groups excluding carboxylic acids is 2. The lowest BCUT2D eigenvalue weighted by atomic mass is 10.2. The highest BCUT2D eigenvalue weighted by Crippen LogP contribution is 2.13. The third kappa shape index (κ3) is 6.28. The van der Waals surface area contributed by atoms with Crippen molar-refractivity contribution in [3.8, 4) is 0 Å². The van der Waals surface area contributed by atoms with E-state index in [0.29, 0.717) is 12.2 Å². The third-order valence-corrected chi connectivity index (χ3v) is 3.37. The summed E-state index contributed by atoms with van der Waals surface area (Å²) in [5.41, 5.74) is 0. The first-order valence-electron chi connectivity index (χ1n) is 7.18. The number of nitro groups is 1. The maximum Gasteiger partial charge on any atom is 0.342 e. The molecule has 24 heavy (non-hydrogen) atoms. The minimum atomic E-state index is -0.546. The van der Waals surface area contributed by atoms with Gasteiger partial charge in [0.25, 0.3) is 0 Å². The molecule has 0 aromatic carbocycles. The number of carbonyl (C=O) groups is 2. The summed E-state index contributed by atoms with van der Waals surface area (Å²) in [4.78, 5) is 37.2. The van der Waals surface area contributed by atoms with Crippen molar-refractivity contribution < 1.29 is 19.2 Å². The zero-order chi connectivity index (χ0) is 18.1. The van der Waals surface area contributed by atoms with E-state index in [9.17, 15) is 19.7 Å². The molecule has 0 unspecified atom stereocenters. The van der Waals surface area contributed by atoms with Crippen LogP contribution in [0, 0.1) is 17.0 Å². The molecule has 10 nitrogen and oxygen atoms in total. The zero-order valence-corrected chi connectivity index (χ0v) is 14.2. The molecule has 0 saturated carbocycles. The second kappa shape index (κ2) is 9.55. The van der Waals surface area contributed by atoms with Gasteiger partial charge in [0.2, 0.25) is 5.91 Å². The number of hydrogen-bond donors (Lipinski definition) is 2. The highest BCUT2D eigenvalue weighted by molar-refractivity contribution is 7.80.